The summed E-state index contributed by atoms with van der Waals surface area (Å²) in [6.07, 6.45) is 4.37. The Bertz CT molecular complexity index is 1060. The van der Waals surface area contributed by atoms with Crippen molar-refractivity contribution < 1.29 is 23.9 Å². The van der Waals surface area contributed by atoms with Crippen molar-refractivity contribution in [1.29, 1.82) is 0 Å². The number of benzene rings is 1. The number of hydrogen-bond acceptors (Lipinski definition) is 6. The number of amides is 2. The summed E-state index contributed by atoms with van der Waals surface area (Å²) in [5, 5.41) is 5.61. The highest BCUT2D eigenvalue weighted by atomic mass is 35.5. The van der Waals surface area contributed by atoms with Crippen molar-refractivity contribution >= 4 is 35.6 Å². The summed E-state index contributed by atoms with van der Waals surface area (Å²) in [4.78, 5) is 40.2. The summed E-state index contributed by atoms with van der Waals surface area (Å²) in [5.74, 6) is -0.780. The number of esters is 2. The molecule has 1 aromatic carbocycles. The number of carbonyl (C=O) groups excluding carboxylic acids is 3. The van der Waals surface area contributed by atoms with Gasteiger partial charge in [0, 0.05) is 18.0 Å². The van der Waals surface area contributed by atoms with Gasteiger partial charge < -0.3 is 20.1 Å². The molecule has 0 radical (unpaired) electrons. The fourth-order valence-electron chi connectivity index (χ4n) is 2.99. The van der Waals surface area contributed by atoms with Gasteiger partial charge in [-0.05, 0) is 55.3 Å². The highest BCUT2D eigenvalue weighted by Gasteiger charge is 2.32. The lowest BCUT2D eigenvalue weighted by Crippen LogP contribution is -2.45. The number of nitrogens with one attached hydrogen (secondary N) is 2. The van der Waals surface area contributed by atoms with Crippen molar-refractivity contribution in [2.45, 2.75) is 19.9 Å². The maximum absolute atomic E-state index is 12.4. The molecule has 1 aliphatic rings. The summed E-state index contributed by atoms with van der Waals surface area (Å²) in [5.41, 5.74) is 2.08. The monoisotopic (exact) mass is 441 g/mol. The lowest BCUT2D eigenvalue weighted by Gasteiger charge is -2.28. The predicted molar refractivity (Wildman–Crippen MR) is 114 cm³/mol. The number of ether oxygens (including phenoxy) is 2. The van der Waals surface area contributed by atoms with Crippen LogP contribution in [0.3, 0.4) is 0 Å². The normalized spacial score (nSPS) is 16.0. The average molecular weight is 442 g/mol. The molecule has 2 heterocycles. The van der Waals surface area contributed by atoms with Crippen LogP contribution in [0.1, 0.15) is 31.0 Å². The largest absolute Gasteiger partial charge is 0.463 e. The van der Waals surface area contributed by atoms with Crippen LogP contribution in [0.15, 0.2) is 59.9 Å². The number of hydrogen-bond donors (Lipinski definition) is 2. The molecule has 1 unspecified atom stereocenters. The number of nitrogens with zero attached hydrogens (tertiary/aromatic N) is 1. The van der Waals surface area contributed by atoms with E-state index in [0.29, 0.717) is 33.3 Å². The molecule has 0 aliphatic carbocycles. The number of allylic oxidation sites excluding steroid dienone is 1. The highest BCUT2D eigenvalue weighted by molar-refractivity contribution is 6.29. The van der Waals surface area contributed by atoms with Gasteiger partial charge in [-0.1, -0.05) is 23.7 Å². The van der Waals surface area contributed by atoms with Crippen LogP contribution in [-0.2, 0) is 14.3 Å². The van der Waals surface area contributed by atoms with E-state index >= 15 is 0 Å². The molecular formula is C22H20ClN3O5. The molecule has 8 nitrogen and oxygen atoms in total. The van der Waals surface area contributed by atoms with E-state index in [2.05, 4.69) is 15.6 Å². The van der Waals surface area contributed by atoms with Crippen LogP contribution in [0, 0.1) is 0 Å². The molecular weight excluding hydrogens is 422 g/mol. The fraction of sp³-hybridized carbons (Fsp3) is 0.182. The number of carbonyl (C=O) groups is 3. The topological polar surface area (TPSA) is 107 Å². The van der Waals surface area contributed by atoms with Crippen LogP contribution in [0.5, 0.6) is 5.75 Å². The Morgan fingerprint density at radius 1 is 1.23 bits per heavy atom. The third kappa shape index (κ3) is 5.70. The minimum absolute atomic E-state index is 0.213. The molecule has 2 N–H and O–H groups in total. The van der Waals surface area contributed by atoms with Crippen LogP contribution >= 0.6 is 11.6 Å². The van der Waals surface area contributed by atoms with E-state index in [9.17, 15) is 14.4 Å². The van der Waals surface area contributed by atoms with Gasteiger partial charge in [-0.2, -0.15) is 0 Å². The highest BCUT2D eigenvalue weighted by Crippen LogP contribution is 2.29. The second-order valence-corrected chi connectivity index (χ2v) is 6.91. The molecule has 1 atom stereocenters. The molecule has 0 saturated carbocycles. The molecule has 1 aromatic heterocycles. The lowest BCUT2D eigenvalue weighted by atomic mass is 9.95. The molecule has 2 amide bonds. The van der Waals surface area contributed by atoms with Crippen molar-refractivity contribution in [3.8, 4) is 5.75 Å². The van der Waals surface area contributed by atoms with Crippen molar-refractivity contribution in [2.24, 2.45) is 0 Å². The van der Waals surface area contributed by atoms with Crippen LogP contribution in [-0.4, -0.2) is 29.6 Å². The summed E-state index contributed by atoms with van der Waals surface area (Å²) in [6, 6.07) is 8.70. The van der Waals surface area contributed by atoms with Crippen molar-refractivity contribution in [2.75, 3.05) is 6.61 Å². The minimum atomic E-state index is -0.686. The van der Waals surface area contributed by atoms with Crippen LogP contribution < -0.4 is 15.4 Å². The third-order valence-electron chi connectivity index (χ3n) is 4.36. The molecule has 0 spiro atoms. The van der Waals surface area contributed by atoms with Crippen molar-refractivity contribution in [1.82, 2.24) is 15.6 Å². The standard InChI is InChI=1S/C22H20ClN3O5/c1-3-30-21(28)19-13(2)25-22(29)26-20(19)15-5-7-16(8-6-15)31-18(27)9-4-14-10-11-24-17(23)12-14/h4-12,20H,3H2,1-2H3,(H2,25,26,29)/b9-4+. The Morgan fingerprint density at radius 2 is 1.97 bits per heavy atom. The minimum Gasteiger partial charge on any atom is -0.463 e. The van der Waals surface area contributed by atoms with Gasteiger partial charge in [0.25, 0.3) is 0 Å². The smallest absolute Gasteiger partial charge is 0.338 e. The average Bonchev–Trinajstić information content (AvgIpc) is 2.72. The second kappa shape index (κ2) is 9.90. The van der Waals surface area contributed by atoms with E-state index in [1.54, 1.807) is 56.3 Å². The van der Waals surface area contributed by atoms with Crippen LogP contribution in [0.2, 0.25) is 5.15 Å². The van der Waals surface area contributed by atoms with Gasteiger partial charge in [-0.3, -0.25) is 0 Å². The number of urea groups is 1. The number of pyridine rings is 1. The van der Waals surface area contributed by atoms with E-state index < -0.39 is 24.0 Å². The van der Waals surface area contributed by atoms with E-state index in [1.165, 1.54) is 12.3 Å². The quantitative estimate of drug-likeness (QED) is 0.307. The Balaban J connectivity index is 1.72. The molecule has 1 aliphatic heterocycles. The van der Waals surface area contributed by atoms with Gasteiger partial charge >= 0.3 is 18.0 Å². The maximum atomic E-state index is 12.4. The van der Waals surface area contributed by atoms with E-state index in [4.69, 9.17) is 21.1 Å². The molecule has 0 fully saturated rings. The molecule has 0 bridgehead atoms. The fourth-order valence-corrected chi connectivity index (χ4v) is 3.17. The molecule has 2 aromatic rings. The zero-order valence-electron chi connectivity index (χ0n) is 16.8. The first-order chi connectivity index (χ1) is 14.9. The van der Waals surface area contributed by atoms with Crippen molar-refractivity contribution in [3.63, 3.8) is 0 Å². The zero-order valence-corrected chi connectivity index (χ0v) is 17.6. The van der Waals surface area contributed by atoms with E-state index in [-0.39, 0.29) is 6.61 Å². The summed E-state index contributed by atoms with van der Waals surface area (Å²) in [7, 11) is 0. The molecule has 160 valence electrons. The summed E-state index contributed by atoms with van der Waals surface area (Å²) < 4.78 is 10.4. The van der Waals surface area contributed by atoms with Gasteiger partial charge in [-0.25, -0.2) is 19.4 Å². The van der Waals surface area contributed by atoms with E-state index in [0.717, 1.165) is 0 Å². The molecule has 0 saturated heterocycles. The first kappa shape index (κ1) is 22.0. The van der Waals surface area contributed by atoms with Gasteiger partial charge in [0.1, 0.15) is 10.9 Å². The third-order valence-corrected chi connectivity index (χ3v) is 4.57. The summed E-state index contributed by atoms with van der Waals surface area (Å²) >= 11 is 5.81. The number of aromatic nitrogens is 1. The number of rotatable bonds is 6. The van der Waals surface area contributed by atoms with Gasteiger partial charge in [-0.15, -0.1) is 0 Å². The molecule has 9 heteroatoms. The van der Waals surface area contributed by atoms with Gasteiger partial charge in [0.15, 0.2) is 0 Å². The zero-order chi connectivity index (χ0) is 22.4. The van der Waals surface area contributed by atoms with Crippen molar-refractivity contribution in [3.05, 3.63) is 76.2 Å². The Kier molecular flexibility index (Phi) is 7.04. The first-order valence-corrected chi connectivity index (χ1v) is 9.82. The maximum Gasteiger partial charge on any atom is 0.338 e. The Morgan fingerprint density at radius 3 is 2.65 bits per heavy atom. The van der Waals surface area contributed by atoms with Crippen LogP contribution in [0.4, 0.5) is 4.79 Å². The SMILES string of the molecule is CCOC(=O)C1=C(C)NC(=O)NC1c1ccc(OC(=O)/C=C/c2ccnc(Cl)c2)cc1. The lowest BCUT2D eigenvalue weighted by molar-refractivity contribution is -0.139. The van der Waals surface area contributed by atoms with Gasteiger partial charge in [0.2, 0.25) is 0 Å². The summed E-state index contributed by atoms with van der Waals surface area (Å²) in [6.45, 7) is 3.55. The number of halogens is 1. The van der Waals surface area contributed by atoms with Gasteiger partial charge in [0.05, 0.1) is 18.2 Å². The Hall–Kier alpha value is -3.65. The molecule has 31 heavy (non-hydrogen) atoms. The first-order valence-electron chi connectivity index (χ1n) is 9.44. The van der Waals surface area contributed by atoms with Crippen LogP contribution in [0.25, 0.3) is 6.08 Å². The van der Waals surface area contributed by atoms with E-state index in [1.807, 2.05) is 0 Å². The second-order valence-electron chi connectivity index (χ2n) is 6.53. The molecule has 3 rings (SSSR count). The Labute approximate surface area is 183 Å². The predicted octanol–water partition coefficient (Wildman–Crippen LogP) is 3.54.